The summed E-state index contributed by atoms with van der Waals surface area (Å²) in [5.41, 5.74) is -0.397. The number of carbonyl (C=O) groups is 3. The smallest absolute Gasteiger partial charge is 0.413 e. The summed E-state index contributed by atoms with van der Waals surface area (Å²) in [6.45, 7) is -0.580. The minimum Gasteiger partial charge on any atom is -0.424 e. The van der Waals surface area contributed by atoms with Gasteiger partial charge in [-0.2, -0.15) is 0 Å². The third-order valence-corrected chi connectivity index (χ3v) is 5.42. The average Bonchev–Trinajstić information content (AvgIpc) is 2.74. The van der Waals surface area contributed by atoms with Gasteiger partial charge in [0.05, 0.1) is 5.56 Å². The summed E-state index contributed by atoms with van der Waals surface area (Å²) in [5, 5.41) is 0.408. The topological polar surface area (TPSA) is 85.8 Å². The summed E-state index contributed by atoms with van der Waals surface area (Å²) in [6, 6.07) is 10.1. The largest absolute Gasteiger partial charge is 0.424 e. The molecule has 7 nitrogen and oxygen atoms in total. The van der Waals surface area contributed by atoms with E-state index in [9.17, 15) is 14.4 Å². The third-order valence-electron chi connectivity index (χ3n) is 5.09. The van der Waals surface area contributed by atoms with E-state index in [1.54, 1.807) is 30.3 Å². The number of rotatable bonds is 5. The first-order valence-electron chi connectivity index (χ1n) is 9.23. The Balaban J connectivity index is 1.73. The van der Waals surface area contributed by atoms with Crippen LogP contribution in [0.2, 0.25) is 5.02 Å². The highest BCUT2D eigenvalue weighted by molar-refractivity contribution is 6.31. The maximum Gasteiger partial charge on any atom is 0.413 e. The number of esters is 1. The van der Waals surface area contributed by atoms with Crippen molar-refractivity contribution in [3.63, 3.8) is 0 Å². The molecule has 1 atom stereocenters. The van der Waals surface area contributed by atoms with E-state index in [0.29, 0.717) is 23.4 Å². The van der Waals surface area contributed by atoms with Crippen molar-refractivity contribution < 1.29 is 23.9 Å². The van der Waals surface area contributed by atoms with Crippen molar-refractivity contribution >= 4 is 29.4 Å². The summed E-state index contributed by atoms with van der Waals surface area (Å²) in [4.78, 5) is 42.7. The van der Waals surface area contributed by atoms with Crippen LogP contribution in [0.5, 0.6) is 0 Å². The zero-order chi connectivity index (χ0) is 20.9. The molecule has 1 aliphatic carbocycles. The molecule has 1 aliphatic rings. The predicted octanol–water partition coefficient (Wildman–Crippen LogP) is 3.96. The number of ether oxygens (including phenoxy) is 2. The lowest BCUT2D eigenvalue weighted by Crippen LogP contribution is -2.54. The fourth-order valence-electron chi connectivity index (χ4n) is 3.58. The van der Waals surface area contributed by atoms with Gasteiger partial charge in [-0.25, -0.2) is 9.59 Å². The minimum absolute atomic E-state index is 0.0938. The van der Waals surface area contributed by atoms with E-state index >= 15 is 0 Å². The highest BCUT2D eigenvalue weighted by Crippen LogP contribution is 2.42. The lowest BCUT2D eigenvalue weighted by molar-refractivity contribution is -0.133. The van der Waals surface area contributed by atoms with E-state index in [-0.39, 0.29) is 11.3 Å². The standard InChI is InChI=1S/C21H21ClN2O5/c1-24(20(27)29-14-28-19(26)15-7-6-12-23-13-15)21(11-5-4-10-18(21)25)16-8-2-3-9-17(16)22/h2-3,6-9,12-13H,4-5,10-11,14H2,1H3/t21-/m0/s1. The van der Waals surface area contributed by atoms with Crippen LogP contribution < -0.4 is 0 Å². The number of likely N-dealkylation sites (N-methyl/N-ethyl adjacent to an activating group) is 1. The van der Waals surface area contributed by atoms with Gasteiger partial charge in [0.15, 0.2) is 5.78 Å². The molecule has 1 aromatic carbocycles. The number of amides is 1. The molecule has 1 saturated carbocycles. The number of halogens is 1. The normalized spacial score (nSPS) is 18.8. The summed E-state index contributed by atoms with van der Waals surface area (Å²) in [6.07, 6.45) is 4.42. The molecule has 29 heavy (non-hydrogen) atoms. The van der Waals surface area contributed by atoms with Gasteiger partial charge in [-0.3, -0.25) is 14.7 Å². The Bertz CT molecular complexity index is 905. The quantitative estimate of drug-likeness (QED) is 0.541. The lowest BCUT2D eigenvalue weighted by atomic mass is 9.74. The molecular formula is C21H21ClN2O5. The van der Waals surface area contributed by atoms with Crippen LogP contribution in [0.3, 0.4) is 0 Å². The molecule has 0 radical (unpaired) electrons. The molecule has 2 aromatic rings. The Morgan fingerprint density at radius 3 is 2.66 bits per heavy atom. The van der Waals surface area contributed by atoms with E-state index in [1.165, 1.54) is 30.4 Å². The zero-order valence-electron chi connectivity index (χ0n) is 16.0. The molecule has 1 amide bonds. The molecule has 0 spiro atoms. The first-order valence-corrected chi connectivity index (χ1v) is 9.60. The monoisotopic (exact) mass is 416 g/mol. The van der Waals surface area contributed by atoms with E-state index in [0.717, 1.165) is 12.8 Å². The number of benzene rings is 1. The Labute approximate surface area is 173 Å². The lowest BCUT2D eigenvalue weighted by Gasteiger charge is -2.43. The highest BCUT2D eigenvalue weighted by atomic mass is 35.5. The number of pyridine rings is 1. The molecule has 1 aromatic heterocycles. The second-order valence-electron chi connectivity index (χ2n) is 6.73. The summed E-state index contributed by atoms with van der Waals surface area (Å²) >= 11 is 6.37. The van der Waals surface area contributed by atoms with Gasteiger partial charge in [0, 0.05) is 36.4 Å². The summed E-state index contributed by atoms with van der Waals surface area (Å²) in [7, 11) is 1.50. The second-order valence-corrected chi connectivity index (χ2v) is 7.14. The van der Waals surface area contributed by atoms with Crippen LogP contribution in [-0.4, -0.2) is 41.6 Å². The van der Waals surface area contributed by atoms with Gasteiger partial charge in [0.1, 0.15) is 5.54 Å². The number of ketones is 1. The molecule has 0 unspecified atom stereocenters. The predicted molar refractivity (Wildman–Crippen MR) is 105 cm³/mol. The number of hydrogen-bond donors (Lipinski definition) is 0. The van der Waals surface area contributed by atoms with Gasteiger partial charge < -0.3 is 9.47 Å². The summed E-state index contributed by atoms with van der Waals surface area (Å²) in [5.74, 6) is -0.758. The van der Waals surface area contributed by atoms with Crippen molar-refractivity contribution in [3.8, 4) is 0 Å². The molecule has 0 aliphatic heterocycles. The van der Waals surface area contributed by atoms with Gasteiger partial charge in [0.2, 0.25) is 6.79 Å². The first-order chi connectivity index (χ1) is 14.0. The van der Waals surface area contributed by atoms with E-state index in [4.69, 9.17) is 21.1 Å². The zero-order valence-corrected chi connectivity index (χ0v) is 16.7. The first kappa shape index (κ1) is 20.8. The minimum atomic E-state index is -1.21. The van der Waals surface area contributed by atoms with E-state index in [1.807, 2.05) is 0 Å². The fraction of sp³-hybridized carbons (Fsp3) is 0.333. The van der Waals surface area contributed by atoms with Crippen LogP contribution in [-0.2, 0) is 19.8 Å². The van der Waals surface area contributed by atoms with Gasteiger partial charge in [0.25, 0.3) is 0 Å². The van der Waals surface area contributed by atoms with Crippen LogP contribution in [0.1, 0.15) is 41.6 Å². The Morgan fingerprint density at radius 2 is 1.97 bits per heavy atom. The summed E-state index contributed by atoms with van der Waals surface area (Å²) < 4.78 is 10.1. The molecule has 1 heterocycles. The van der Waals surface area contributed by atoms with Gasteiger partial charge in [-0.15, -0.1) is 0 Å². The molecule has 0 saturated heterocycles. The fourth-order valence-corrected chi connectivity index (χ4v) is 3.87. The van der Waals surface area contributed by atoms with Crippen molar-refractivity contribution in [2.45, 2.75) is 31.2 Å². The Kier molecular flexibility index (Phi) is 6.49. The van der Waals surface area contributed by atoms with Crippen molar-refractivity contribution in [1.82, 2.24) is 9.88 Å². The maximum atomic E-state index is 13.0. The van der Waals surface area contributed by atoms with Crippen LogP contribution in [0.15, 0.2) is 48.8 Å². The van der Waals surface area contributed by atoms with Gasteiger partial charge in [-0.1, -0.05) is 29.8 Å². The van der Waals surface area contributed by atoms with Crippen LogP contribution in [0, 0.1) is 0 Å². The number of nitrogens with zero attached hydrogens (tertiary/aromatic N) is 2. The molecule has 0 N–H and O–H groups in total. The SMILES string of the molecule is CN(C(=O)OCOC(=O)c1cccnc1)[C@]1(c2ccccc2Cl)CCCCC1=O. The number of carbonyl (C=O) groups excluding carboxylic acids is 3. The van der Waals surface area contributed by atoms with E-state index in [2.05, 4.69) is 4.98 Å². The molecule has 1 fully saturated rings. The third kappa shape index (κ3) is 4.24. The maximum absolute atomic E-state index is 13.0. The molecule has 152 valence electrons. The average molecular weight is 417 g/mol. The van der Waals surface area contributed by atoms with Crippen LogP contribution in [0.25, 0.3) is 0 Å². The number of aromatic nitrogens is 1. The molecule has 8 heteroatoms. The van der Waals surface area contributed by atoms with Crippen molar-refractivity contribution in [1.29, 1.82) is 0 Å². The van der Waals surface area contributed by atoms with Gasteiger partial charge in [-0.05, 0) is 37.5 Å². The molecule has 0 bridgehead atoms. The Morgan fingerprint density at radius 1 is 1.17 bits per heavy atom. The van der Waals surface area contributed by atoms with E-state index < -0.39 is 24.4 Å². The van der Waals surface area contributed by atoms with Gasteiger partial charge >= 0.3 is 12.1 Å². The second kappa shape index (κ2) is 9.05. The van der Waals surface area contributed by atoms with Crippen molar-refractivity contribution in [2.75, 3.05) is 13.8 Å². The number of hydrogen-bond acceptors (Lipinski definition) is 6. The van der Waals surface area contributed by atoms with Crippen LogP contribution in [0.4, 0.5) is 4.79 Å². The van der Waals surface area contributed by atoms with Crippen molar-refractivity contribution in [2.24, 2.45) is 0 Å². The van der Waals surface area contributed by atoms with Crippen LogP contribution >= 0.6 is 11.6 Å². The number of Topliss-reactive ketones (excluding diaryl/α,β-unsaturated/α-hetero) is 1. The Hall–Kier alpha value is -2.93. The van der Waals surface area contributed by atoms with Crippen molar-refractivity contribution in [3.05, 3.63) is 64.9 Å². The highest BCUT2D eigenvalue weighted by Gasteiger charge is 2.48. The molecular weight excluding hydrogens is 396 g/mol. The molecule has 3 rings (SSSR count).